The number of benzene rings is 6. The van der Waals surface area contributed by atoms with Gasteiger partial charge in [-0.2, -0.15) is 0 Å². The predicted octanol–water partition coefficient (Wildman–Crippen LogP) is 7.75. The minimum atomic E-state index is 1.08. The van der Waals surface area contributed by atoms with Crippen LogP contribution in [0.3, 0.4) is 0 Å². The second-order valence-corrected chi connectivity index (χ2v) is 8.03. The maximum absolute atomic E-state index is 5.23. The number of nitrogens with zero attached hydrogens (tertiary/aromatic N) is 1. The van der Waals surface area contributed by atoms with E-state index in [1.807, 2.05) is 0 Å². The summed E-state index contributed by atoms with van der Waals surface area (Å²) < 4.78 is 0. The molecule has 0 aliphatic heterocycles. The lowest BCUT2D eigenvalue weighted by molar-refractivity contribution is 1.50. The van der Waals surface area contributed by atoms with E-state index in [0.29, 0.717) is 0 Å². The average Bonchev–Trinajstić information content (AvgIpc) is 2.77. The van der Waals surface area contributed by atoms with E-state index in [4.69, 9.17) is 4.98 Å². The summed E-state index contributed by atoms with van der Waals surface area (Å²) in [5.74, 6) is 0. The Morgan fingerprint density at radius 1 is 0.517 bits per heavy atom. The van der Waals surface area contributed by atoms with Crippen molar-refractivity contribution in [2.45, 2.75) is 6.92 Å². The van der Waals surface area contributed by atoms with E-state index in [1.54, 1.807) is 0 Å². The summed E-state index contributed by atoms with van der Waals surface area (Å²) in [6, 6.07) is 30.8. The number of fused-ring (bicyclic) bond motifs is 7. The molecule has 1 aromatic heterocycles. The van der Waals surface area contributed by atoms with Crippen molar-refractivity contribution in [2.75, 3.05) is 0 Å². The van der Waals surface area contributed by atoms with Crippen molar-refractivity contribution in [1.29, 1.82) is 0 Å². The normalized spacial score (nSPS) is 12.3. The highest BCUT2D eigenvalue weighted by molar-refractivity contribution is 6.39. The molecule has 0 atom stereocenters. The zero-order valence-electron chi connectivity index (χ0n) is 16.0. The van der Waals surface area contributed by atoms with Gasteiger partial charge in [0.2, 0.25) is 0 Å². The highest BCUT2D eigenvalue weighted by atomic mass is 14.7. The van der Waals surface area contributed by atoms with Crippen LogP contribution in [0.2, 0.25) is 0 Å². The van der Waals surface area contributed by atoms with Crippen molar-refractivity contribution in [1.82, 2.24) is 4.98 Å². The zero-order chi connectivity index (χ0) is 19.1. The van der Waals surface area contributed by atoms with Crippen molar-refractivity contribution < 1.29 is 0 Å². The second-order valence-electron chi connectivity index (χ2n) is 8.03. The Morgan fingerprint density at radius 2 is 1.21 bits per heavy atom. The van der Waals surface area contributed by atoms with Crippen molar-refractivity contribution in [2.24, 2.45) is 0 Å². The minimum absolute atomic E-state index is 1.08. The molecule has 0 bridgehead atoms. The summed E-state index contributed by atoms with van der Waals surface area (Å²) in [6.45, 7) is 2.22. The number of rotatable bonds is 0. The van der Waals surface area contributed by atoms with Gasteiger partial charge in [0.1, 0.15) is 0 Å². The van der Waals surface area contributed by atoms with Crippen LogP contribution in [0.4, 0.5) is 0 Å². The molecule has 0 amide bonds. The maximum Gasteiger partial charge on any atom is 0.0796 e. The third kappa shape index (κ3) is 1.83. The molecule has 0 saturated heterocycles. The lowest BCUT2D eigenvalue weighted by Gasteiger charge is -2.18. The highest BCUT2D eigenvalue weighted by Crippen LogP contribution is 2.44. The Kier molecular flexibility index (Phi) is 2.74. The maximum atomic E-state index is 5.23. The fourth-order valence-corrected chi connectivity index (χ4v) is 5.29. The highest BCUT2D eigenvalue weighted by Gasteiger charge is 2.18. The molecular formula is C28H17N. The van der Waals surface area contributed by atoms with Crippen LogP contribution < -0.4 is 0 Å². The van der Waals surface area contributed by atoms with Gasteiger partial charge in [0.25, 0.3) is 0 Å². The lowest BCUT2D eigenvalue weighted by atomic mass is 9.87. The van der Waals surface area contributed by atoms with Crippen LogP contribution in [-0.4, -0.2) is 4.98 Å². The number of hydrogen-bond donors (Lipinski definition) is 0. The van der Waals surface area contributed by atoms with E-state index in [2.05, 4.69) is 91.9 Å². The van der Waals surface area contributed by atoms with Gasteiger partial charge in [-0.3, -0.25) is 0 Å². The van der Waals surface area contributed by atoms with E-state index < -0.39 is 0 Å². The first-order valence-electron chi connectivity index (χ1n) is 10.1. The molecule has 1 heteroatoms. The zero-order valence-corrected chi connectivity index (χ0v) is 16.0. The van der Waals surface area contributed by atoms with Gasteiger partial charge in [0.05, 0.1) is 11.0 Å². The van der Waals surface area contributed by atoms with E-state index in [1.165, 1.54) is 59.4 Å². The summed E-state index contributed by atoms with van der Waals surface area (Å²) in [6.07, 6.45) is 0. The smallest absolute Gasteiger partial charge is 0.0796 e. The molecule has 0 unspecified atom stereocenters. The largest absolute Gasteiger partial charge is 0.247 e. The van der Waals surface area contributed by atoms with Crippen LogP contribution in [-0.2, 0) is 0 Å². The molecule has 7 rings (SSSR count). The van der Waals surface area contributed by atoms with Gasteiger partial charge in [-0.15, -0.1) is 0 Å². The first-order chi connectivity index (χ1) is 14.3. The Hall–Kier alpha value is -3.71. The number of aromatic nitrogens is 1. The first-order valence-corrected chi connectivity index (χ1v) is 10.1. The fourth-order valence-electron chi connectivity index (χ4n) is 5.29. The quantitative estimate of drug-likeness (QED) is 0.197. The van der Waals surface area contributed by atoms with Gasteiger partial charge in [0.15, 0.2) is 0 Å². The third-order valence-corrected chi connectivity index (χ3v) is 6.46. The molecular weight excluding hydrogens is 350 g/mol. The molecule has 7 aromatic rings. The molecule has 0 radical (unpaired) electrons. The summed E-state index contributed by atoms with van der Waals surface area (Å²) in [5.41, 5.74) is 3.48. The molecule has 1 heterocycles. The molecule has 6 aromatic carbocycles. The number of aryl methyl sites for hydroxylation is 1. The van der Waals surface area contributed by atoms with Gasteiger partial charge < -0.3 is 0 Å². The van der Waals surface area contributed by atoms with Crippen LogP contribution in [0.15, 0.2) is 84.9 Å². The average molecular weight is 367 g/mol. The topological polar surface area (TPSA) is 12.9 Å². The predicted molar refractivity (Wildman–Crippen MR) is 125 cm³/mol. The van der Waals surface area contributed by atoms with Gasteiger partial charge in [0, 0.05) is 21.5 Å². The summed E-state index contributed by atoms with van der Waals surface area (Å²) in [7, 11) is 0. The Bertz CT molecular complexity index is 1760. The van der Waals surface area contributed by atoms with Crippen molar-refractivity contribution >= 4 is 64.9 Å². The van der Waals surface area contributed by atoms with E-state index in [9.17, 15) is 0 Å². The van der Waals surface area contributed by atoms with Crippen LogP contribution >= 0.6 is 0 Å². The summed E-state index contributed by atoms with van der Waals surface area (Å²) in [4.78, 5) is 5.23. The molecule has 0 saturated carbocycles. The van der Waals surface area contributed by atoms with E-state index in [0.717, 1.165) is 11.0 Å². The lowest BCUT2D eigenvalue weighted by Crippen LogP contribution is -1.93. The molecule has 134 valence electrons. The van der Waals surface area contributed by atoms with Crippen molar-refractivity contribution in [3.05, 3.63) is 90.5 Å². The van der Waals surface area contributed by atoms with Crippen molar-refractivity contribution in [3.8, 4) is 0 Å². The SMILES string of the molecule is Cc1cc2ccccc2c2nc3ccc4cccc5c6ccccc6c(c12)c3c45. The monoisotopic (exact) mass is 367 g/mol. The standard InChI is InChI=1S/C28H17N/c1-16-15-18-7-2-3-9-19(18)28-24(16)26-22-11-5-4-10-20(22)21-12-6-8-17-13-14-23(29-28)27(26)25(17)21/h2-15H,1H3. The first kappa shape index (κ1) is 15.2. The third-order valence-electron chi connectivity index (χ3n) is 6.46. The Morgan fingerprint density at radius 3 is 2.10 bits per heavy atom. The number of hydrogen-bond acceptors (Lipinski definition) is 1. The molecule has 0 N–H and O–H groups in total. The van der Waals surface area contributed by atoms with Gasteiger partial charge in [-0.25, -0.2) is 4.98 Å². The van der Waals surface area contributed by atoms with Gasteiger partial charge >= 0.3 is 0 Å². The van der Waals surface area contributed by atoms with Crippen LogP contribution in [0.5, 0.6) is 0 Å². The van der Waals surface area contributed by atoms with Gasteiger partial charge in [-0.05, 0) is 50.9 Å². The van der Waals surface area contributed by atoms with Crippen LogP contribution in [0, 0.1) is 6.92 Å². The minimum Gasteiger partial charge on any atom is -0.247 e. The Balaban J connectivity index is 1.95. The summed E-state index contributed by atoms with van der Waals surface area (Å²) >= 11 is 0. The molecule has 1 nitrogen and oxygen atoms in total. The summed E-state index contributed by atoms with van der Waals surface area (Å²) in [5, 5.41) is 13.0. The molecule has 29 heavy (non-hydrogen) atoms. The molecule has 0 aliphatic carbocycles. The Labute approximate surface area is 167 Å². The van der Waals surface area contributed by atoms with Gasteiger partial charge in [-0.1, -0.05) is 78.9 Å². The van der Waals surface area contributed by atoms with Crippen molar-refractivity contribution in [3.63, 3.8) is 0 Å². The molecule has 0 aliphatic rings. The van der Waals surface area contributed by atoms with E-state index in [-0.39, 0.29) is 0 Å². The van der Waals surface area contributed by atoms with Crippen LogP contribution in [0.25, 0.3) is 64.9 Å². The van der Waals surface area contributed by atoms with E-state index >= 15 is 0 Å². The second kappa shape index (κ2) is 5.21. The number of pyridine rings is 1. The molecule has 0 spiro atoms. The van der Waals surface area contributed by atoms with Crippen LogP contribution in [0.1, 0.15) is 5.56 Å². The fraction of sp³-hybridized carbons (Fsp3) is 0.0357. The molecule has 0 fully saturated rings.